The summed E-state index contributed by atoms with van der Waals surface area (Å²) in [5.74, 6) is 0.0906. The number of esters is 1. The molecule has 0 N–H and O–H groups in total. The summed E-state index contributed by atoms with van der Waals surface area (Å²) in [4.78, 5) is 24.3. The number of fused-ring (bicyclic) bond motifs is 2. The first kappa shape index (κ1) is 18.9. The Labute approximate surface area is 169 Å². The van der Waals surface area contributed by atoms with Gasteiger partial charge in [-0.15, -0.1) is 0 Å². The van der Waals surface area contributed by atoms with Gasteiger partial charge in [0.2, 0.25) is 0 Å². The summed E-state index contributed by atoms with van der Waals surface area (Å²) >= 11 is 0. The second-order valence-electron chi connectivity index (χ2n) is 7.17. The molecule has 0 aliphatic heterocycles. The Kier molecular flexibility index (Phi) is 5.43. The molecule has 146 valence electrons. The highest BCUT2D eigenvalue weighted by Crippen LogP contribution is 2.23. The largest absolute Gasteiger partial charge is 0.497 e. The van der Waals surface area contributed by atoms with Crippen LogP contribution in [0.1, 0.15) is 33.5 Å². The second-order valence-corrected chi connectivity index (χ2v) is 7.17. The lowest BCUT2D eigenvalue weighted by atomic mass is 10.0. The number of rotatable bonds is 6. The van der Waals surface area contributed by atoms with Gasteiger partial charge in [0.1, 0.15) is 5.75 Å². The number of hydrogen-bond donors (Lipinski definition) is 0. The smallest absolute Gasteiger partial charge is 0.331 e. The number of Topliss-reactive ketones (excluding diaryl/α,β-unsaturated/α-hetero) is 1. The van der Waals surface area contributed by atoms with E-state index in [1.807, 2.05) is 54.6 Å². The van der Waals surface area contributed by atoms with Crippen LogP contribution in [0.2, 0.25) is 0 Å². The van der Waals surface area contributed by atoms with Crippen molar-refractivity contribution in [1.29, 1.82) is 0 Å². The number of hydrogen-bond acceptors (Lipinski definition) is 4. The monoisotopic (exact) mass is 386 g/mol. The topological polar surface area (TPSA) is 52.6 Å². The summed E-state index contributed by atoms with van der Waals surface area (Å²) in [5.41, 5.74) is 4.03. The van der Waals surface area contributed by atoms with E-state index in [0.29, 0.717) is 5.56 Å². The van der Waals surface area contributed by atoms with Crippen LogP contribution in [0.15, 0.2) is 60.7 Å². The van der Waals surface area contributed by atoms with Crippen LogP contribution >= 0.6 is 0 Å². The average molecular weight is 386 g/mol. The normalized spacial score (nSPS) is 12.9. The number of aryl methyl sites for hydroxylation is 2. The zero-order chi connectivity index (χ0) is 20.2. The summed E-state index contributed by atoms with van der Waals surface area (Å²) in [6, 6.07) is 17.5. The Morgan fingerprint density at radius 1 is 0.931 bits per heavy atom. The Morgan fingerprint density at radius 3 is 2.59 bits per heavy atom. The molecule has 0 spiro atoms. The highest BCUT2D eigenvalue weighted by molar-refractivity contribution is 5.99. The molecule has 0 aromatic heterocycles. The van der Waals surface area contributed by atoms with Gasteiger partial charge >= 0.3 is 5.97 Å². The first-order valence-electron chi connectivity index (χ1n) is 9.70. The molecule has 0 heterocycles. The SMILES string of the molecule is COc1ccc2cc(/C=C/C(=O)OCC(=O)c3ccc4c(c3)CCC4)ccc2c1. The van der Waals surface area contributed by atoms with E-state index in [-0.39, 0.29) is 12.4 Å². The van der Waals surface area contributed by atoms with Gasteiger partial charge in [-0.2, -0.15) is 0 Å². The van der Waals surface area contributed by atoms with E-state index >= 15 is 0 Å². The van der Waals surface area contributed by atoms with E-state index < -0.39 is 5.97 Å². The van der Waals surface area contributed by atoms with Gasteiger partial charge in [-0.3, -0.25) is 4.79 Å². The fraction of sp³-hybridized carbons (Fsp3) is 0.200. The highest BCUT2D eigenvalue weighted by atomic mass is 16.5. The van der Waals surface area contributed by atoms with E-state index in [0.717, 1.165) is 41.3 Å². The number of carbonyl (C=O) groups is 2. The van der Waals surface area contributed by atoms with Crippen LogP contribution in [0.25, 0.3) is 16.8 Å². The zero-order valence-corrected chi connectivity index (χ0v) is 16.3. The summed E-state index contributed by atoms with van der Waals surface area (Å²) in [5, 5.41) is 2.11. The first-order chi connectivity index (χ1) is 14.1. The third-order valence-corrected chi connectivity index (χ3v) is 5.25. The van der Waals surface area contributed by atoms with Crippen molar-refractivity contribution in [1.82, 2.24) is 0 Å². The fourth-order valence-corrected chi connectivity index (χ4v) is 3.65. The van der Waals surface area contributed by atoms with Gasteiger partial charge in [0.15, 0.2) is 12.4 Å². The molecule has 3 aromatic rings. The van der Waals surface area contributed by atoms with E-state index in [1.165, 1.54) is 17.2 Å². The second kappa shape index (κ2) is 8.31. The van der Waals surface area contributed by atoms with Gasteiger partial charge in [0, 0.05) is 11.6 Å². The average Bonchev–Trinajstić information content (AvgIpc) is 3.23. The molecule has 29 heavy (non-hydrogen) atoms. The predicted molar refractivity (Wildman–Crippen MR) is 113 cm³/mol. The molecule has 4 rings (SSSR count). The van der Waals surface area contributed by atoms with Gasteiger partial charge in [0.25, 0.3) is 0 Å². The zero-order valence-electron chi connectivity index (χ0n) is 16.3. The molecule has 0 unspecified atom stereocenters. The Bertz CT molecular complexity index is 1110. The van der Waals surface area contributed by atoms with Crippen LogP contribution in [0.4, 0.5) is 0 Å². The lowest BCUT2D eigenvalue weighted by Crippen LogP contribution is -2.12. The summed E-state index contributed by atoms with van der Waals surface area (Å²) in [6.45, 7) is -0.251. The van der Waals surface area contributed by atoms with Crippen LogP contribution in [0.3, 0.4) is 0 Å². The number of methoxy groups -OCH3 is 1. The minimum atomic E-state index is -0.533. The molecular weight excluding hydrogens is 364 g/mol. The Morgan fingerprint density at radius 2 is 1.72 bits per heavy atom. The lowest BCUT2D eigenvalue weighted by molar-refractivity contribution is -0.136. The number of ketones is 1. The van der Waals surface area contributed by atoms with Gasteiger partial charge in [-0.25, -0.2) is 4.79 Å². The molecular formula is C25H22O4. The maximum absolute atomic E-state index is 12.3. The van der Waals surface area contributed by atoms with Crippen molar-refractivity contribution < 1.29 is 19.1 Å². The molecule has 0 radical (unpaired) electrons. The highest BCUT2D eigenvalue weighted by Gasteiger charge is 2.14. The van der Waals surface area contributed by atoms with Crippen molar-refractivity contribution in [3.05, 3.63) is 82.9 Å². The van der Waals surface area contributed by atoms with Crippen molar-refractivity contribution >= 4 is 28.6 Å². The van der Waals surface area contributed by atoms with Gasteiger partial charge in [-0.05, 0) is 77.1 Å². The van der Waals surface area contributed by atoms with Crippen LogP contribution in [0.5, 0.6) is 5.75 Å². The van der Waals surface area contributed by atoms with E-state index in [2.05, 4.69) is 0 Å². The predicted octanol–water partition coefficient (Wildman–Crippen LogP) is 4.78. The van der Waals surface area contributed by atoms with Crippen molar-refractivity contribution in [2.45, 2.75) is 19.3 Å². The lowest BCUT2D eigenvalue weighted by Gasteiger charge is -2.05. The fourth-order valence-electron chi connectivity index (χ4n) is 3.65. The molecule has 4 heteroatoms. The van der Waals surface area contributed by atoms with E-state index in [1.54, 1.807) is 13.2 Å². The molecule has 1 aliphatic rings. The summed E-state index contributed by atoms with van der Waals surface area (Å²) < 4.78 is 10.4. The van der Waals surface area contributed by atoms with Crippen LogP contribution in [-0.2, 0) is 22.4 Å². The summed E-state index contributed by atoms with van der Waals surface area (Å²) in [6.07, 6.45) is 6.25. The molecule has 0 atom stereocenters. The van der Waals surface area contributed by atoms with Crippen molar-refractivity contribution in [2.24, 2.45) is 0 Å². The number of benzene rings is 3. The van der Waals surface area contributed by atoms with Gasteiger partial charge < -0.3 is 9.47 Å². The Balaban J connectivity index is 1.36. The third kappa shape index (κ3) is 4.37. The van der Waals surface area contributed by atoms with Crippen LogP contribution < -0.4 is 4.74 Å². The molecule has 4 nitrogen and oxygen atoms in total. The minimum absolute atomic E-state index is 0.180. The quantitative estimate of drug-likeness (QED) is 0.348. The van der Waals surface area contributed by atoms with E-state index in [9.17, 15) is 9.59 Å². The molecule has 0 amide bonds. The molecule has 0 bridgehead atoms. The number of ether oxygens (including phenoxy) is 2. The number of carbonyl (C=O) groups excluding carboxylic acids is 2. The van der Waals surface area contributed by atoms with Crippen molar-refractivity contribution in [3.63, 3.8) is 0 Å². The van der Waals surface area contributed by atoms with Gasteiger partial charge in [0.05, 0.1) is 7.11 Å². The third-order valence-electron chi connectivity index (χ3n) is 5.25. The summed E-state index contributed by atoms with van der Waals surface area (Å²) in [7, 11) is 1.64. The van der Waals surface area contributed by atoms with E-state index in [4.69, 9.17) is 9.47 Å². The van der Waals surface area contributed by atoms with Crippen LogP contribution in [-0.4, -0.2) is 25.5 Å². The molecule has 0 saturated carbocycles. The molecule has 0 fully saturated rings. The first-order valence-corrected chi connectivity index (χ1v) is 9.70. The van der Waals surface area contributed by atoms with Crippen molar-refractivity contribution in [2.75, 3.05) is 13.7 Å². The van der Waals surface area contributed by atoms with Gasteiger partial charge in [-0.1, -0.05) is 30.3 Å². The minimum Gasteiger partial charge on any atom is -0.497 e. The maximum atomic E-state index is 12.3. The molecule has 3 aromatic carbocycles. The maximum Gasteiger partial charge on any atom is 0.331 e. The Hall–Kier alpha value is -3.40. The van der Waals surface area contributed by atoms with Crippen LogP contribution in [0, 0.1) is 0 Å². The van der Waals surface area contributed by atoms with Crippen molar-refractivity contribution in [3.8, 4) is 5.75 Å². The standard InChI is InChI=1S/C25H22O4/c1-28-23-11-10-20-13-17(5-7-21(20)15-23)6-12-25(27)29-16-24(26)22-9-8-18-3-2-4-19(18)14-22/h5-15H,2-4,16H2,1H3/b12-6+. The molecule has 0 saturated heterocycles. The molecule has 1 aliphatic carbocycles.